The van der Waals surface area contributed by atoms with Gasteiger partial charge in [0.25, 0.3) is 0 Å². The summed E-state index contributed by atoms with van der Waals surface area (Å²) in [6.45, 7) is 3.17. The number of hydrogen-bond acceptors (Lipinski definition) is 3. The Bertz CT molecular complexity index is 317. The van der Waals surface area contributed by atoms with Crippen LogP contribution in [0.25, 0.3) is 0 Å². The van der Waals surface area contributed by atoms with Crippen molar-refractivity contribution in [3.05, 3.63) is 29.8 Å². The molecule has 96 valence electrons. The molecule has 0 bridgehead atoms. The molecule has 1 aromatic carbocycles. The Labute approximate surface area is 109 Å². The maximum atomic E-state index is 9.81. The van der Waals surface area contributed by atoms with Gasteiger partial charge in [-0.05, 0) is 43.9 Å². The Morgan fingerprint density at radius 3 is 2.71 bits per heavy atom. The average Bonchev–Trinajstić information content (AvgIpc) is 2.35. The van der Waals surface area contributed by atoms with Crippen LogP contribution in [0.4, 0.5) is 0 Å². The van der Waals surface area contributed by atoms with E-state index in [1.807, 2.05) is 30.0 Å². The number of para-hydroxylation sites is 1. The molecule has 0 aliphatic carbocycles. The van der Waals surface area contributed by atoms with Crippen LogP contribution in [0, 0.1) is 0 Å². The van der Waals surface area contributed by atoms with Gasteiger partial charge in [0.1, 0.15) is 5.75 Å². The smallest absolute Gasteiger partial charge is 0.120 e. The van der Waals surface area contributed by atoms with Gasteiger partial charge in [-0.15, -0.1) is 0 Å². The minimum Gasteiger partial charge on any atom is -0.508 e. The Morgan fingerprint density at radius 1 is 1.29 bits per heavy atom. The first-order chi connectivity index (χ1) is 8.29. The SMILES string of the molecule is CCC(NCCCCSC)c1ccccc1O. The highest BCUT2D eigenvalue weighted by atomic mass is 32.2. The summed E-state index contributed by atoms with van der Waals surface area (Å²) >= 11 is 1.90. The summed E-state index contributed by atoms with van der Waals surface area (Å²) in [7, 11) is 0. The van der Waals surface area contributed by atoms with E-state index in [2.05, 4.69) is 18.5 Å². The highest BCUT2D eigenvalue weighted by molar-refractivity contribution is 7.98. The molecule has 1 unspecified atom stereocenters. The molecule has 0 amide bonds. The van der Waals surface area contributed by atoms with Gasteiger partial charge in [-0.1, -0.05) is 25.1 Å². The molecule has 0 fully saturated rings. The number of thioether (sulfide) groups is 1. The predicted octanol–water partition coefficient (Wildman–Crippen LogP) is 3.58. The monoisotopic (exact) mass is 253 g/mol. The van der Waals surface area contributed by atoms with E-state index < -0.39 is 0 Å². The van der Waals surface area contributed by atoms with Crippen LogP contribution in [0.1, 0.15) is 37.8 Å². The molecule has 2 N–H and O–H groups in total. The van der Waals surface area contributed by atoms with Gasteiger partial charge in [-0.25, -0.2) is 0 Å². The molecule has 1 atom stereocenters. The molecule has 2 nitrogen and oxygen atoms in total. The van der Waals surface area contributed by atoms with Crippen molar-refractivity contribution >= 4 is 11.8 Å². The molecule has 17 heavy (non-hydrogen) atoms. The number of rotatable bonds is 8. The van der Waals surface area contributed by atoms with Gasteiger partial charge in [-0.2, -0.15) is 11.8 Å². The van der Waals surface area contributed by atoms with Crippen LogP contribution in [0.5, 0.6) is 5.75 Å². The fourth-order valence-electron chi connectivity index (χ4n) is 1.90. The number of phenolic OH excluding ortho intramolecular Hbond substituents is 1. The Balaban J connectivity index is 2.41. The standard InChI is InChI=1S/C14H23NOS/c1-3-13(15-10-6-7-11-17-2)12-8-4-5-9-14(12)16/h4-5,8-9,13,15-16H,3,6-7,10-11H2,1-2H3. The van der Waals surface area contributed by atoms with Crippen molar-refractivity contribution in [3.63, 3.8) is 0 Å². The maximum absolute atomic E-state index is 9.81. The van der Waals surface area contributed by atoms with E-state index in [1.54, 1.807) is 6.07 Å². The van der Waals surface area contributed by atoms with Crippen molar-refractivity contribution in [1.29, 1.82) is 0 Å². The van der Waals surface area contributed by atoms with Crippen LogP contribution in [0.3, 0.4) is 0 Å². The third-order valence-corrected chi connectivity index (χ3v) is 3.58. The van der Waals surface area contributed by atoms with Crippen molar-refractivity contribution in [2.45, 2.75) is 32.2 Å². The lowest BCUT2D eigenvalue weighted by molar-refractivity contribution is 0.439. The zero-order valence-corrected chi connectivity index (χ0v) is 11.6. The molecule has 0 radical (unpaired) electrons. The molecule has 1 rings (SSSR count). The molecule has 0 aromatic heterocycles. The quantitative estimate of drug-likeness (QED) is 0.695. The third kappa shape index (κ3) is 5.00. The lowest BCUT2D eigenvalue weighted by atomic mass is 10.0. The van der Waals surface area contributed by atoms with Gasteiger partial charge in [0.2, 0.25) is 0 Å². The Kier molecular flexibility index (Phi) is 7.13. The third-order valence-electron chi connectivity index (χ3n) is 2.89. The molecule has 1 aromatic rings. The molecule has 0 saturated carbocycles. The van der Waals surface area contributed by atoms with E-state index >= 15 is 0 Å². The molecule has 0 aliphatic rings. The van der Waals surface area contributed by atoms with Crippen molar-refractivity contribution in [2.24, 2.45) is 0 Å². The maximum Gasteiger partial charge on any atom is 0.120 e. The van der Waals surface area contributed by atoms with Crippen molar-refractivity contribution < 1.29 is 5.11 Å². The van der Waals surface area contributed by atoms with Crippen molar-refractivity contribution in [2.75, 3.05) is 18.6 Å². The van der Waals surface area contributed by atoms with Gasteiger partial charge in [0.05, 0.1) is 0 Å². The summed E-state index contributed by atoms with van der Waals surface area (Å²) in [6, 6.07) is 7.87. The van der Waals surface area contributed by atoms with Crippen LogP contribution in [0.15, 0.2) is 24.3 Å². The van der Waals surface area contributed by atoms with Crippen molar-refractivity contribution in [3.8, 4) is 5.75 Å². The summed E-state index contributed by atoms with van der Waals surface area (Å²) in [4.78, 5) is 0. The van der Waals surface area contributed by atoms with Gasteiger partial charge in [-0.3, -0.25) is 0 Å². The fraction of sp³-hybridized carbons (Fsp3) is 0.571. The molecular formula is C14H23NOS. The second kappa shape index (κ2) is 8.43. The summed E-state index contributed by atoms with van der Waals surface area (Å²) in [6.07, 6.45) is 5.60. The second-order valence-electron chi connectivity index (χ2n) is 4.17. The normalized spacial score (nSPS) is 12.6. The predicted molar refractivity (Wildman–Crippen MR) is 76.8 cm³/mol. The van der Waals surface area contributed by atoms with E-state index in [9.17, 15) is 5.11 Å². The van der Waals surface area contributed by atoms with Crippen LogP contribution < -0.4 is 5.32 Å². The first-order valence-electron chi connectivity index (χ1n) is 6.29. The zero-order valence-electron chi connectivity index (χ0n) is 10.8. The van der Waals surface area contributed by atoms with Crippen LogP contribution in [-0.4, -0.2) is 23.7 Å². The van der Waals surface area contributed by atoms with E-state index in [-0.39, 0.29) is 6.04 Å². The highest BCUT2D eigenvalue weighted by Gasteiger charge is 2.11. The lowest BCUT2D eigenvalue weighted by Gasteiger charge is -2.18. The van der Waals surface area contributed by atoms with Gasteiger partial charge in [0, 0.05) is 11.6 Å². The van der Waals surface area contributed by atoms with Gasteiger partial charge < -0.3 is 10.4 Å². The van der Waals surface area contributed by atoms with E-state index in [1.165, 1.54) is 18.6 Å². The number of phenols is 1. The average molecular weight is 253 g/mol. The zero-order chi connectivity index (χ0) is 12.5. The molecule has 0 aliphatic heterocycles. The number of nitrogens with one attached hydrogen (secondary N) is 1. The van der Waals surface area contributed by atoms with Gasteiger partial charge >= 0.3 is 0 Å². The number of unbranched alkanes of at least 4 members (excludes halogenated alkanes) is 1. The second-order valence-corrected chi connectivity index (χ2v) is 5.16. The molecule has 0 spiro atoms. The topological polar surface area (TPSA) is 32.3 Å². The first kappa shape index (κ1) is 14.4. The number of hydrogen-bond donors (Lipinski definition) is 2. The minimum atomic E-state index is 0.269. The van der Waals surface area contributed by atoms with E-state index in [4.69, 9.17) is 0 Å². The van der Waals surface area contributed by atoms with Crippen LogP contribution >= 0.6 is 11.8 Å². The number of benzene rings is 1. The number of aromatic hydroxyl groups is 1. The Hall–Kier alpha value is -0.670. The minimum absolute atomic E-state index is 0.269. The van der Waals surface area contributed by atoms with E-state index in [0.29, 0.717) is 5.75 Å². The summed E-state index contributed by atoms with van der Waals surface area (Å²) in [5.74, 6) is 1.63. The molecular weight excluding hydrogens is 230 g/mol. The summed E-state index contributed by atoms with van der Waals surface area (Å²) in [5, 5.41) is 13.3. The Morgan fingerprint density at radius 2 is 2.06 bits per heavy atom. The molecule has 0 saturated heterocycles. The summed E-state index contributed by atoms with van der Waals surface area (Å²) in [5.41, 5.74) is 1.01. The van der Waals surface area contributed by atoms with Crippen LogP contribution in [-0.2, 0) is 0 Å². The molecule has 3 heteroatoms. The first-order valence-corrected chi connectivity index (χ1v) is 7.69. The fourth-order valence-corrected chi connectivity index (χ4v) is 2.40. The highest BCUT2D eigenvalue weighted by Crippen LogP contribution is 2.25. The largest absolute Gasteiger partial charge is 0.508 e. The molecule has 0 heterocycles. The van der Waals surface area contributed by atoms with Gasteiger partial charge in [0.15, 0.2) is 0 Å². The summed E-state index contributed by atoms with van der Waals surface area (Å²) < 4.78 is 0. The lowest BCUT2D eigenvalue weighted by Crippen LogP contribution is -2.22. The van der Waals surface area contributed by atoms with E-state index in [0.717, 1.165) is 18.5 Å². The van der Waals surface area contributed by atoms with Crippen molar-refractivity contribution in [1.82, 2.24) is 5.32 Å². The van der Waals surface area contributed by atoms with Crippen LogP contribution in [0.2, 0.25) is 0 Å².